The smallest absolute Gasteiger partial charge is 0.335 e. The minimum atomic E-state index is -1.05. The van der Waals surface area contributed by atoms with Crippen LogP contribution >= 0.6 is 0 Å². The molecule has 0 radical (unpaired) electrons. The van der Waals surface area contributed by atoms with Crippen LogP contribution in [0.2, 0.25) is 0 Å². The van der Waals surface area contributed by atoms with Gasteiger partial charge in [-0.2, -0.15) is 0 Å². The molecule has 14 nitrogen and oxygen atoms in total. The molecule has 4 amide bonds. The summed E-state index contributed by atoms with van der Waals surface area (Å²) in [7, 11) is 0. The van der Waals surface area contributed by atoms with Gasteiger partial charge in [0.25, 0.3) is 5.91 Å². The number of imide groups is 1. The normalized spacial score (nSPS) is 21.3. The van der Waals surface area contributed by atoms with Gasteiger partial charge in [0.1, 0.15) is 18.3 Å². The topological polar surface area (TPSA) is 173 Å². The maximum Gasteiger partial charge on any atom is 0.335 e. The predicted molar refractivity (Wildman–Crippen MR) is 178 cm³/mol. The molecule has 3 aliphatic rings. The number of rotatable bonds is 10. The summed E-state index contributed by atoms with van der Waals surface area (Å²) < 4.78 is 13.1. The Morgan fingerprint density at radius 2 is 1.92 bits per heavy atom. The largest absolute Gasteiger partial charge is 0.478 e. The van der Waals surface area contributed by atoms with Crippen molar-refractivity contribution in [3.63, 3.8) is 0 Å². The minimum Gasteiger partial charge on any atom is -0.478 e. The van der Waals surface area contributed by atoms with Gasteiger partial charge >= 0.3 is 5.97 Å². The number of benzene rings is 2. The Balaban J connectivity index is 1.02. The van der Waals surface area contributed by atoms with Gasteiger partial charge in [0.15, 0.2) is 0 Å². The number of aromatic nitrogens is 3. The SMILES string of the molecule is CCC1C(C)[C@H](n2cc(COCCOCC#Cc3cccc4c3CN(C3CCC(=O)NC3=O)C4=O)nn2)c2cc(C(=O)O)ccc2N1C(C)=O. The molecule has 4 heterocycles. The van der Waals surface area contributed by atoms with E-state index < -0.39 is 17.9 Å². The summed E-state index contributed by atoms with van der Waals surface area (Å²) in [6.07, 6.45) is 2.98. The number of nitrogens with one attached hydrogen (secondary N) is 1. The van der Waals surface area contributed by atoms with Crippen LogP contribution in [0.1, 0.15) is 89.2 Å². The first-order valence-corrected chi connectivity index (χ1v) is 16.6. The van der Waals surface area contributed by atoms with Crippen molar-refractivity contribution in [3.05, 3.63) is 76.1 Å². The molecule has 3 aliphatic heterocycles. The average Bonchev–Trinajstić information content (AvgIpc) is 3.69. The number of fused-ring (bicyclic) bond motifs is 2. The number of hydrogen-bond donors (Lipinski definition) is 2. The number of ether oxygens (including phenoxy) is 2. The van der Waals surface area contributed by atoms with Gasteiger partial charge in [0, 0.05) is 54.2 Å². The van der Waals surface area contributed by atoms with E-state index in [2.05, 4.69) is 27.5 Å². The lowest BCUT2D eigenvalue weighted by atomic mass is 9.80. The molecule has 0 spiro atoms. The van der Waals surface area contributed by atoms with Crippen molar-refractivity contribution >= 4 is 35.3 Å². The van der Waals surface area contributed by atoms with Crippen molar-refractivity contribution in [1.29, 1.82) is 0 Å². The first-order valence-electron chi connectivity index (χ1n) is 16.6. The Morgan fingerprint density at radius 1 is 1.12 bits per heavy atom. The van der Waals surface area contributed by atoms with Crippen molar-refractivity contribution in [3.8, 4) is 11.8 Å². The molecule has 3 aromatic rings. The molecule has 0 bridgehead atoms. The lowest BCUT2D eigenvalue weighted by Gasteiger charge is -2.44. The Labute approximate surface area is 288 Å². The third kappa shape index (κ3) is 6.74. The highest BCUT2D eigenvalue weighted by Crippen LogP contribution is 2.44. The summed E-state index contributed by atoms with van der Waals surface area (Å²) in [5.41, 5.74) is 4.03. The van der Waals surface area contributed by atoms with Crippen LogP contribution in [0.15, 0.2) is 42.6 Å². The van der Waals surface area contributed by atoms with E-state index in [-0.39, 0.29) is 80.7 Å². The van der Waals surface area contributed by atoms with Gasteiger partial charge in [0.05, 0.1) is 37.6 Å². The van der Waals surface area contributed by atoms with Crippen LogP contribution in [0.4, 0.5) is 5.69 Å². The van der Waals surface area contributed by atoms with Crippen LogP contribution in [0.25, 0.3) is 0 Å². The van der Waals surface area contributed by atoms with E-state index in [1.54, 1.807) is 40.0 Å². The zero-order chi connectivity index (χ0) is 35.5. The Kier molecular flexibility index (Phi) is 10.1. The summed E-state index contributed by atoms with van der Waals surface area (Å²) in [4.78, 5) is 64.6. The third-order valence-corrected chi connectivity index (χ3v) is 9.49. The van der Waals surface area contributed by atoms with Gasteiger partial charge < -0.3 is 24.4 Å². The number of nitrogens with zero attached hydrogens (tertiary/aromatic N) is 5. The van der Waals surface area contributed by atoms with Gasteiger partial charge in [-0.1, -0.05) is 37.0 Å². The molecule has 14 heteroatoms. The average molecular weight is 683 g/mol. The number of carbonyl (C=O) groups excluding carboxylic acids is 4. The molecular formula is C36H38N6O8. The van der Waals surface area contributed by atoms with Gasteiger partial charge in [0.2, 0.25) is 17.7 Å². The highest BCUT2D eigenvalue weighted by atomic mass is 16.5. The minimum absolute atomic E-state index is 0.0767. The van der Waals surface area contributed by atoms with Crippen LogP contribution in [0, 0.1) is 17.8 Å². The van der Waals surface area contributed by atoms with Crippen LogP contribution in [-0.4, -0.2) is 86.5 Å². The standard InChI is InChI=1S/C36H38N6O8/c1-4-29-21(2)33(27-17-24(36(47)48)10-11-30(27)42(29)22(3)43)41-18-25(38-39-41)20-50-16-15-49-14-6-8-23-7-5-9-26-28(23)19-40(35(26)46)31-12-13-32(44)37-34(31)45/h5,7,9-11,17-18,21,29,31,33H,4,12-16,19-20H2,1-3H3,(H,47,48)(H,37,44,45)/t21?,29?,31?,33-/m0/s1. The van der Waals surface area contributed by atoms with Gasteiger partial charge in [-0.15, -0.1) is 5.10 Å². The molecule has 4 atom stereocenters. The van der Waals surface area contributed by atoms with Crippen molar-refractivity contribution in [2.45, 2.75) is 71.3 Å². The van der Waals surface area contributed by atoms with E-state index in [1.165, 1.54) is 17.9 Å². The molecule has 1 fully saturated rings. The second-order valence-electron chi connectivity index (χ2n) is 12.6. The summed E-state index contributed by atoms with van der Waals surface area (Å²) in [6, 6.07) is 8.98. The fourth-order valence-electron chi connectivity index (χ4n) is 7.16. The molecule has 0 saturated carbocycles. The van der Waals surface area contributed by atoms with Crippen molar-refractivity contribution < 1.29 is 38.6 Å². The lowest BCUT2D eigenvalue weighted by Crippen LogP contribution is -2.52. The lowest BCUT2D eigenvalue weighted by molar-refractivity contribution is -0.137. The summed E-state index contributed by atoms with van der Waals surface area (Å²) in [5, 5.41) is 20.6. The molecule has 2 N–H and O–H groups in total. The van der Waals surface area contributed by atoms with Gasteiger partial charge in [-0.3, -0.25) is 24.5 Å². The second kappa shape index (κ2) is 14.6. The molecule has 1 aromatic heterocycles. The van der Waals surface area contributed by atoms with Crippen molar-refractivity contribution in [2.75, 3.05) is 24.7 Å². The van der Waals surface area contributed by atoms with E-state index in [0.717, 1.165) is 5.56 Å². The Bertz CT molecular complexity index is 1910. The predicted octanol–water partition coefficient (Wildman–Crippen LogP) is 2.69. The first-order chi connectivity index (χ1) is 24.1. The van der Waals surface area contributed by atoms with E-state index >= 15 is 0 Å². The Hall–Kier alpha value is -5.39. The van der Waals surface area contributed by atoms with E-state index in [0.29, 0.717) is 40.9 Å². The molecule has 6 rings (SSSR count). The van der Waals surface area contributed by atoms with E-state index in [1.807, 2.05) is 19.9 Å². The van der Waals surface area contributed by atoms with Crippen LogP contribution in [-0.2, 0) is 37.0 Å². The summed E-state index contributed by atoms with van der Waals surface area (Å²) >= 11 is 0. The molecule has 0 aliphatic carbocycles. The third-order valence-electron chi connectivity index (χ3n) is 9.49. The number of hydrogen-bond acceptors (Lipinski definition) is 9. The maximum atomic E-state index is 13.0. The maximum absolute atomic E-state index is 13.0. The highest BCUT2D eigenvalue weighted by Gasteiger charge is 2.42. The number of aromatic carboxylic acids is 1. The zero-order valence-corrected chi connectivity index (χ0v) is 28.0. The van der Waals surface area contributed by atoms with Crippen LogP contribution in [0.3, 0.4) is 0 Å². The number of amides is 4. The quantitative estimate of drug-likeness (QED) is 0.184. The molecule has 3 unspecified atom stereocenters. The number of carboxylic acids is 1. The fourth-order valence-corrected chi connectivity index (χ4v) is 7.16. The first kappa shape index (κ1) is 34.5. The van der Waals surface area contributed by atoms with Crippen LogP contribution < -0.4 is 10.2 Å². The molecular weight excluding hydrogens is 644 g/mol. The van der Waals surface area contributed by atoms with Crippen molar-refractivity contribution in [2.24, 2.45) is 5.92 Å². The highest BCUT2D eigenvalue weighted by molar-refractivity contribution is 6.05. The number of anilines is 1. The number of piperidine rings is 1. The van der Waals surface area contributed by atoms with Crippen LogP contribution in [0.5, 0.6) is 0 Å². The van der Waals surface area contributed by atoms with E-state index in [9.17, 15) is 29.1 Å². The number of carboxylic acid groups (broad SMARTS) is 1. The fraction of sp³-hybridized carbons (Fsp3) is 0.417. The monoisotopic (exact) mass is 682 g/mol. The molecule has 2 aromatic carbocycles. The van der Waals surface area contributed by atoms with Crippen molar-refractivity contribution in [1.82, 2.24) is 25.2 Å². The molecule has 260 valence electrons. The number of carbonyl (C=O) groups is 5. The van der Waals surface area contributed by atoms with E-state index in [4.69, 9.17) is 9.47 Å². The molecule has 1 saturated heterocycles. The zero-order valence-electron chi connectivity index (χ0n) is 28.0. The summed E-state index contributed by atoms with van der Waals surface area (Å²) in [6.45, 7) is 6.70. The molecule has 50 heavy (non-hydrogen) atoms. The van der Waals surface area contributed by atoms with Gasteiger partial charge in [-0.25, -0.2) is 9.48 Å². The summed E-state index contributed by atoms with van der Waals surface area (Å²) in [5.74, 6) is 3.78. The second-order valence-corrected chi connectivity index (χ2v) is 12.6. The Morgan fingerprint density at radius 3 is 2.66 bits per heavy atom. The van der Waals surface area contributed by atoms with Gasteiger partial charge in [-0.05, 0) is 48.7 Å².